The van der Waals surface area contributed by atoms with Crippen molar-refractivity contribution in [3.63, 3.8) is 0 Å². The number of carbonyl (C=O) groups excluding carboxylic acids is 2. The van der Waals surface area contributed by atoms with Crippen LogP contribution in [0, 0.1) is 5.92 Å². The van der Waals surface area contributed by atoms with Gasteiger partial charge in [-0.05, 0) is 47.9 Å². The first-order chi connectivity index (χ1) is 14.8. The van der Waals surface area contributed by atoms with E-state index in [1.54, 1.807) is 11.0 Å². The van der Waals surface area contributed by atoms with Crippen LogP contribution < -0.4 is 10.5 Å². The van der Waals surface area contributed by atoms with Gasteiger partial charge in [0, 0.05) is 30.3 Å². The Balaban J connectivity index is 1.40. The molecule has 1 heterocycles. The summed E-state index contributed by atoms with van der Waals surface area (Å²) >= 11 is 0. The summed E-state index contributed by atoms with van der Waals surface area (Å²) in [4.78, 5) is 27.5. The molecule has 0 saturated carbocycles. The number of likely N-dealkylation sites (tertiary alicyclic amines) is 1. The number of rotatable bonds is 4. The molecule has 0 aliphatic carbocycles. The molecule has 31 heavy (non-hydrogen) atoms. The molecule has 3 N–H and O–H groups in total. The van der Waals surface area contributed by atoms with E-state index >= 15 is 0 Å². The van der Waals surface area contributed by atoms with Gasteiger partial charge in [0.15, 0.2) is 0 Å². The average molecular weight is 438 g/mol. The second-order valence-electron chi connectivity index (χ2n) is 7.66. The second kappa shape index (κ2) is 8.49. The van der Waals surface area contributed by atoms with Gasteiger partial charge in [0.1, 0.15) is 0 Å². The minimum absolute atomic E-state index is 0.0310. The second-order valence-corrected chi connectivity index (χ2v) is 9.22. The molecule has 1 aliphatic rings. The van der Waals surface area contributed by atoms with Crippen LogP contribution in [0.2, 0.25) is 0 Å². The maximum Gasteiger partial charge on any atom is 0.254 e. The molecule has 0 unspecified atom stereocenters. The number of piperidine rings is 1. The molecule has 1 fully saturated rings. The molecule has 1 aliphatic heterocycles. The Morgan fingerprint density at radius 1 is 0.935 bits per heavy atom. The molecule has 2 amide bonds. The van der Waals surface area contributed by atoms with Crippen molar-refractivity contribution < 1.29 is 18.0 Å². The van der Waals surface area contributed by atoms with Gasteiger partial charge in [-0.15, -0.1) is 0 Å². The lowest BCUT2D eigenvalue weighted by molar-refractivity contribution is -0.121. The van der Waals surface area contributed by atoms with Gasteiger partial charge in [0.25, 0.3) is 5.91 Å². The Morgan fingerprint density at radius 3 is 2.35 bits per heavy atom. The highest BCUT2D eigenvalue weighted by molar-refractivity contribution is 7.89. The monoisotopic (exact) mass is 437 g/mol. The fraction of sp³-hybridized carbons (Fsp3) is 0.217. The molecule has 4 rings (SSSR count). The number of benzene rings is 3. The smallest absolute Gasteiger partial charge is 0.254 e. The predicted octanol–water partition coefficient (Wildman–Crippen LogP) is 2.98. The number of amides is 2. The van der Waals surface area contributed by atoms with Crippen LogP contribution in [0.5, 0.6) is 0 Å². The molecule has 0 spiro atoms. The van der Waals surface area contributed by atoms with Crippen molar-refractivity contribution in [3.8, 4) is 0 Å². The summed E-state index contributed by atoms with van der Waals surface area (Å²) in [5.74, 6) is -0.477. The van der Waals surface area contributed by atoms with Gasteiger partial charge in [-0.2, -0.15) is 0 Å². The minimum Gasteiger partial charge on any atom is -0.339 e. The van der Waals surface area contributed by atoms with Gasteiger partial charge >= 0.3 is 0 Å². The summed E-state index contributed by atoms with van der Waals surface area (Å²) in [7, 11) is -3.84. The first-order valence-corrected chi connectivity index (χ1v) is 11.6. The summed E-state index contributed by atoms with van der Waals surface area (Å²) in [6.07, 6.45) is 1.08. The topological polar surface area (TPSA) is 110 Å². The lowest BCUT2D eigenvalue weighted by Gasteiger charge is -2.31. The summed E-state index contributed by atoms with van der Waals surface area (Å²) in [5, 5.41) is 9.85. The number of carbonyl (C=O) groups is 2. The van der Waals surface area contributed by atoms with E-state index in [2.05, 4.69) is 5.32 Å². The fourth-order valence-corrected chi connectivity index (χ4v) is 4.48. The lowest BCUT2D eigenvalue weighted by Crippen LogP contribution is -2.41. The van der Waals surface area contributed by atoms with E-state index in [0.29, 0.717) is 37.2 Å². The third-order valence-corrected chi connectivity index (χ3v) is 6.51. The van der Waals surface area contributed by atoms with Crippen LogP contribution in [0.25, 0.3) is 10.8 Å². The first kappa shape index (κ1) is 21.0. The van der Waals surface area contributed by atoms with Crippen molar-refractivity contribution in [3.05, 3.63) is 72.3 Å². The Hall–Kier alpha value is -3.23. The molecule has 0 radical (unpaired) electrons. The van der Waals surface area contributed by atoms with Crippen LogP contribution in [-0.4, -0.2) is 38.2 Å². The molecule has 7 nitrogen and oxygen atoms in total. The van der Waals surface area contributed by atoms with E-state index in [9.17, 15) is 18.0 Å². The number of anilines is 1. The number of sulfonamides is 1. The zero-order chi connectivity index (χ0) is 22.0. The summed E-state index contributed by atoms with van der Waals surface area (Å²) in [5.41, 5.74) is 1.05. The maximum absolute atomic E-state index is 13.1. The van der Waals surface area contributed by atoms with E-state index in [-0.39, 0.29) is 22.6 Å². The van der Waals surface area contributed by atoms with Crippen LogP contribution in [0.1, 0.15) is 23.2 Å². The van der Waals surface area contributed by atoms with Crippen LogP contribution in [-0.2, 0) is 14.8 Å². The van der Waals surface area contributed by atoms with E-state index in [0.717, 1.165) is 10.8 Å². The summed E-state index contributed by atoms with van der Waals surface area (Å²) in [6.45, 7) is 0.967. The first-order valence-electron chi connectivity index (χ1n) is 10.0. The molecule has 0 aromatic heterocycles. The molecular weight excluding hydrogens is 414 g/mol. The van der Waals surface area contributed by atoms with E-state index in [1.807, 2.05) is 42.5 Å². The Kier molecular flexibility index (Phi) is 5.75. The maximum atomic E-state index is 13.1. The number of primary sulfonamides is 1. The van der Waals surface area contributed by atoms with Crippen molar-refractivity contribution in [1.29, 1.82) is 0 Å². The van der Waals surface area contributed by atoms with Crippen molar-refractivity contribution in [2.24, 2.45) is 11.1 Å². The number of hydrogen-bond donors (Lipinski definition) is 2. The lowest BCUT2D eigenvalue weighted by atomic mass is 9.94. The quantitative estimate of drug-likeness (QED) is 0.654. The van der Waals surface area contributed by atoms with Gasteiger partial charge in [0.2, 0.25) is 15.9 Å². The largest absolute Gasteiger partial charge is 0.339 e. The molecule has 160 valence electrons. The standard InChI is InChI=1S/C23H23N3O4S/c24-31(29,30)19-8-4-7-18(15-19)25-22(27)17-11-13-26(14-12-17)23(28)21-10-3-6-16-5-1-2-9-20(16)21/h1-10,15,17H,11-14H2,(H,25,27)(H2,24,29,30). The van der Waals surface area contributed by atoms with Crippen LogP contribution in [0.4, 0.5) is 5.69 Å². The van der Waals surface area contributed by atoms with Crippen LogP contribution in [0.3, 0.4) is 0 Å². The van der Waals surface area contributed by atoms with Gasteiger partial charge in [-0.25, -0.2) is 13.6 Å². The highest BCUT2D eigenvalue weighted by Crippen LogP contribution is 2.25. The Bertz CT molecular complexity index is 1240. The molecular formula is C23H23N3O4S. The Labute approximate surface area is 180 Å². The zero-order valence-electron chi connectivity index (χ0n) is 16.8. The number of hydrogen-bond acceptors (Lipinski definition) is 4. The van der Waals surface area contributed by atoms with E-state index in [4.69, 9.17) is 5.14 Å². The fourth-order valence-electron chi connectivity index (χ4n) is 3.92. The SMILES string of the molecule is NS(=O)(=O)c1cccc(NC(=O)C2CCN(C(=O)c3cccc4ccccc34)CC2)c1. The number of nitrogens with two attached hydrogens (primary N) is 1. The Morgan fingerprint density at radius 2 is 1.61 bits per heavy atom. The van der Waals surface area contributed by atoms with E-state index < -0.39 is 10.0 Å². The summed E-state index contributed by atoms with van der Waals surface area (Å²) in [6, 6.07) is 19.3. The third-order valence-electron chi connectivity index (χ3n) is 5.60. The van der Waals surface area contributed by atoms with Gasteiger partial charge in [-0.1, -0.05) is 42.5 Å². The average Bonchev–Trinajstić information content (AvgIpc) is 2.78. The minimum atomic E-state index is -3.84. The molecule has 0 bridgehead atoms. The highest BCUT2D eigenvalue weighted by atomic mass is 32.2. The number of nitrogens with one attached hydrogen (secondary N) is 1. The van der Waals surface area contributed by atoms with E-state index in [1.165, 1.54) is 18.2 Å². The number of nitrogens with zero attached hydrogens (tertiary/aromatic N) is 1. The van der Waals surface area contributed by atoms with Crippen molar-refractivity contribution >= 4 is 38.3 Å². The van der Waals surface area contributed by atoms with Crippen LogP contribution >= 0.6 is 0 Å². The van der Waals surface area contributed by atoms with Crippen LogP contribution in [0.15, 0.2) is 71.6 Å². The third kappa shape index (κ3) is 4.60. The molecule has 0 atom stereocenters. The normalized spacial score (nSPS) is 15.1. The molecule has 1 saturated heterocycles. The van der Waals surface area contributed by atoms with Crippen molar-refractivity contribution in [2.45, 2.75) is 17.7 Å². The van der Waals surface area contributed by atoms with Gasteiger partial charge < -0.3 is 10.2 Å². The number of fused-ring (bicyclic) bond motifs is 1. The van der Waals surface area contributed by atoms with Gasteiger partial charge in [0.05, 0.1) is 4.90 Å². The molecule has 3 aromatic rings. The zero-order valence-corrected chi connectivity index (χ0v) is 17.6. The van der Waals surface area contributed by atoms with Crippen molar-refractivity contribution in [2.75, 3.05) is 18.4 Å². The molecule has 3 aromatic carbocycles. The molecule has 8 heteroatoms. The van der Waals surface area contributed by atoms with Crippen molar-refractivity contribution in [1.82, 2.24) is 4.90 Å². The predicted molar refractivity (Wildman–Crippen MR) is 119 cm³/mol. The highest BCUT2D eigenvalue weighted by Gasteiger charge is 2.28. The van der Waals surface area contributed by atoms with Gasteiger partial charge in [-0.3, -0.25) is 9.59 Å². The summed E-state index contributed by atoms with van der Waals surface area (Å²) < 4.78 is 23.0.